The summed E-state index contributed by atoms with van der Waals surface area (Å²) >= 11 is 0. The number of hydrogen-bond donors (Lipinski definition) is 1. The minimum absolute atomic E-state index is 0. The Morgan fingerprint density at radius 2 is 1.73 bits per heavy atom. The molecule has 0 aliphatic carbocycles. The quantitative estimate of drug-likeness (QED) is 0.944. The van der Waals surface area contributed by atoms with Gasteiger partial charge in [-0.2, -0.15) is 0 Å². The van der Waals surface area contributed by atoms with Crippen LogP contribution in [0.1, 0.15) is 0 Å². The van der Waals surface area contributed by atoms with Crippen LogP contribution in [0.4, 0.5) is 5.69 Å². The number of likely N-dealkylation sites (N-methyl/N-ethyl adjacent to an activating group) is 1. The molecule has 0 atom stereocenters. The fourth-order valence-corrected chi connectivity index (χ4v) is 2.68. The minimum atomic E-state index is 0. The van der Waals surface area contributed by atoms with Crippen LogP contribution in [0.2, 0.25) is 0 Å². The van der Waals surface area contributed by atoms with Crippen molar-refractivity contribution in [1.29, 1.82) is 0 Å². The number of hydrogen-bond acceptors (Lipinski definition) is 3. The van der Waals surface area contributed by atoms with Crippen molar-refractivity contribution in [2.24, 2.45) is 0 Å². The van der Waals surface area contributed by atoms with E-state index in [0.717, 1.165) is 37.3 Å². The molecule has 5 heteroatoms. The molecule has 0 bridgehead atoms. The fraction of sp³-hybridized carbons (Fsp3) is 0.353. The van der Waals surface area contributed by atoms with E-state index in [1.807, 2.05) is 30.3 Å². The highest BCUT2D eigenvalue weighted by atomic mass is 35.5. The van der Waals surface area contributed by atoms with Gasteiger partial charge in [0.05, 0.1) is 6.54 Å². The number of carbonyl (C=O) groups excluding carboxylic acids is 1. The van der Waals surface area contributed by atoms with Gasteiger partial charge in [-0.3, -0.25) is 9.69 Å². The molecule has 3 rings (SSSR count). The van der Waals surface area contributed by atoms with E-state index < -0.39 is 0 Å². The highest BCUT2D eigenvalue weighted by molar-refractivity contribution is 5.95. The number of carbonyl (C=O) groups is 1. The summed E-state index contributed by atoms with van der Waals surface area (Å²) in [4.78, 5) is 16.6. The average molecular weight is 320 g/mol. The Kier molecular flexibility index (Phi) is 5.77. The van der Waals surface area contributed by atoms with Crippen molar-refractivity contribution in [1.82, 2.24) is 9.80 Å². The van der Waals surface area contributed by atoms with Gasteiger partial charge in [0.25, 0.3) is 0 Å². The Labute approximate surface area is 137 Å². The molecular weight excluding hydrogens is 298 g/mol. The normalized spacial score (nSPS) is 16.2. The van der Waals surface area contributed by atoms with E-state index in [9.17, 15) is 4.79 Å². The molecule has 4 nitrogen and oxygen atoms in total. The summed E-state index contributed by atoms with van der Waals surface area (Å²) in [5, 5.41) is 5.34. The van der Waals surface area contributed by atoms with E-state index in [-0.39, 0.29) is 18.3 Å². The van der Waals surface area contributed by atoms with Crippen molar-refractivity contribution in [3.63, 3.8) is 0 Å². The summed E-state index contributed by atoms with van der Waals surface area (Å²) in [5.41, 5.74) is 0.868. The van der Waals surface area contributed by atoms with Crippen LogP contribution in [0, 0.1) is 0 Å². The molecule has 1 aliphatic rings. The van der Waals surface area contributed by atoms with Crippen LogP contribution in [0.15, 0.2) is 42.5 Å². The first-order valence-corrected chi connectivity index (χ1v) is 7.40. The third kappa shape index (κ3) is 4.19. The molecule has 0 radical (unpaired) electrons. The lowest BCUT2D eigenvalue weighted by Gasteiger charge is -2.31. The van der Waals surface area contributed by atoms with Gasteiger partial charge in [0, 0.05) is 31.9 Å². The summed E-state index contributed by atoms with van der Waals surface area (Å²) in [5.74, 6) is 0.0647. The van der Waals surface area contributed by atoms with Gasteiger partial charge < -0.3 is 10.2 Å². The topological polar surface area (TPSA) is 35.6 Å². The first kappa shape index (κ1) is 16.7. The number of nitrogens with zero attached hydrogens (tertiary/aromatic N) is 2. The monoisotopic (exact) mass is 319 g/mol. The molecule has 1 N–H and O–H groups in total. The molecule has 0 saturated carbocycles. The smallest absolute Gasteiger partial charge is 0.238 e. The van der Waals surface area contributed by atoms with Crippen LogP contribution in [-0.2, 0) is 4.79 Å². The Hall–Kier alpha value is -1.62. The number of amides is 1. The average Bonchev–Trinajstić information content (AvgIpc) is 2.49. The number of rotatable bonds is 3. The molecule has 2 aromatic carbocycles. The highest BCUT2D eigenvalue weighted by Crippen LogP contribution is 2.18. The zero-order valence-corrected chi connectivity index (χ0v) is 13.6. The zero-order chi connectivity index (χ0) is 14.7. The molecule has 0 spiro atoms. The maximum Gasteiger partial charge on any atom is 0.238 e. The zero-order valence-electron chi connectivity index (χ0n) is 12.8. The molecule has 2 aromatic rings. The molecule has 0 aromatic heterocycles. The summed E-state index contributed by atoms with van der Waals surface area (Å²) in [6.45, 7) is 4.45. The number of benzene rings is 2. The summed E-state index contributed by atoms with van der Waals surface area (Å²) < 4.78 is 0. The van der Waals surface area contributed by atoms with Gasteiger partial charge >= 0.3 is 0 Å². The summed E-state index contributed by atoms with van der Waals surface area (Å²) in [7, 11) is 2.12. The van der Waals surface area contributed by atoms with Crippen molar-refractivity contribution in [3.05, 3.63) is 42.5 Å². The van der Waals surface area contributed by atoms with Gasteiger partial charge in [-0.15, -0.1) is 12.4 Å². The molecule has 22 heavy (non-hydrogen) atoms. The SMILES string of the molecule is CN1CCN(CC(=O)Nc2ccc3ccccc3c2)CC1.Cl. The Morgan fingerprint density at radius 1 is 1.05 bits per heavy atom. The van der Waals surface area contributed by atoms with Gasteiger partial charge in [-0.05, 0) is 30.0 Å². The van der Waals surface area contributed by atoms with Crippen LogP contribution >= 0.6 is 12.4 Å². The van der Waals surface area contributed by atoms with Crippen molar-refractivity contribution in [2.75, 3.05) is 45.1 Å². The van der Waals surface area contributed by atoms with E-state index in [2.05, 4.69) is 34.3 Å². The lowest BCUT2D eigenvalue weighted by molar-refractivity contribution is -0.117. The predicted molar refractivity (Wildman–Crippen MR) is 93.8 cm³/mol. The van der Waals surface area contributed by atoms with Crippen LogP contribution in [-0.4, -0.2) is 55.5 Å². The van der Waals surface area contributed by atoms with E-state index >= 15 is 0 Å². The lowest BCUT2D eigenvalue weighted by atomic mass is 10.1. The van der Waals surface area contributed by atoms with Gasteiger partial charge in [0.15, 0.2) is 0 Å². The van der Waals surface area contributed by atoms with Crippen molar-refractivity contribution >= 4 is 34.8 Å². The highest BCUT2D eigenvalue weighted by Gasteiger charge is 2.16. The fourth-order valence-electron chi connectivity index (χ4n) is 2.68. The van der Waals surface area contributed by atoms with E-state index in [1.54, 1.807) is 0 Å². The number of halogens is 1. The molecule has 1 fully saturated rings. The first-order valence-electron chi connectivity index (χ1n) is 7.40. The number of fused-ring (bicyclic) bond motifs is 1. The van der Waals surface area contributed by atoms with Crippen LogP contribution in [0.5, 0.6) is 0 Å². The molecule has 0 unspecified atom stereocenters. The van der Waals surface area contributed by atoms with Gasteiger partial charge in [-0.1, -0.05) is 30.3 Å². The third-order valence-corrected chi connectivity index (χ3v) is 4.00. The molecule has 1 heterocycles. The van der Waals surface area contributed by atoms with Crippen LogP contribution < -0.4 is 5.32 Å². The Balaban J connectivity index is 0.00000176. The van der Waals surface area contributed by atoms with E-state index in [0.29, 0.717) is 6.54 Å². The second-order valence-corrected chi connectivity index (χ2v) is 5.69. The second-order valence-electron chi connectivity index (χ2n) is 5.69. The van der Waals surface area contributed by atoms with E-state index in [1.165, 1.54) is 5.39 Å². The summed E-state index contributed by atoms with van der Waals surface area (Å²) in [6, 6.07) is 14.2. The van der Waals surface area contributed by atoms with Crippen molar-refractivity contribution in [2.45, 2.75) is 0 Å². The predicted octanol–water partition coefficient (Wildman–Crippen LogP) is 2.45. The second kappa shape index (κ2) is 7.58. The largest absolute Gasteiger partial charge is 0.325 e. The minimum Gasteiger partial charge on any atom is -0.325 e. The molecule has 1 amide bonds. The van der Waals surface area contributed by atoms with E-state index in [4.69, 9.17) is 0 Å². The Morgan fingerprint density at radius 3 is 2.45 bits per heavy atom. The van der Waals surface area contributed by atoms with Crippen molar-refractivity contribution in [3.8, 4) is 0 Å². The van der Waals surface area contributed by atoms with Crippen LogP contribution in [0.25, 0.3) is 10.8 Å². The Bertz CT molecular complexity index is 639. The molecule has 118 valence electrons. The number of nitrogens with one attached hydrogen (secondary N) is 1. The number of piperazine rings is 1. The molecule has 1 aliphatic heterocycles. The maximum atomic E-state index is 12.1. The number of anilines is 1. The first-order chi connectivity index (χ1) is 10.2. The third-order valence-electron chi connectivity index (χ3n) is 4.00. The lowest BCUT2D eigenvalue weighted by Crippen LogP contribution is -2.47. The summed E-state index contributed by atoms with van der Waals surface area (Å²) in [6.07, 6.45) is 0. The molecule has 1 saturated heterocycles. The van der Waals surface area contributed by atoms with Gasteiger partial charge in [-0.25, -0.2) is 0 Å². The van der Waals surface area contributed by atoms with Crippen LogP contribution in [0.3, 0.4) is 0 Å². The molecular formula is C17H22ClN3O. The van der Waals surface area contributed by atoms with Crippen molar-refractivity contribution < 1.29 is 4.79 Å². The standard InChI is InChI=1S/C17H21N3O.ClH/c1-19-8-10-20(11-9-19)13-17(21)18-16-7-6-14-4-2-3-5-15(14)12-16;/h2-7,12H,8-11,13H2,1H3,(H,18,21);1H. The van der Waals surface area contributed by atoms with Gasteiger partial charge in [0.1, 0.15) is 0 Å². The van der Waals surface area contributed by atoms with Gasteiger partial charge in [0.2, 0.25) is 5.91 Å². The maximum absolute atomic E-state index is 12.1.